The van der Waals surface area contributed by atoms with Gasteiger partial charge < -0.3 is 5.11 Å². The Bertz CT molecular complexity index is 284. The van der Waals surface area contributed by atoms with Gasteiger partial charge in [0.2, 0.25) is 11.8 Å². The van der Waals surface area contributed by atoms with Crippen LogP contribution in [0.15, 0.2) is 0 Å². The van der Waals surface area contributed by atoms with Gasteiger partial charge in [0.25, 0.3) is 0 Å². The zero-order chi connectivity index (χ0) is 11.8. The minimum absolute atomic E-state index is 0.0503. The number of hydrogen-bond acceptors (Lipinski definition) is 3. The van der Waals surface area contributed by atoms with Crippen molar-refractivity contribution >= 4 is 11.8 Å². The van der Waals surface area contributed by atoms with Gasteiger partial charge in [-0.15, -0.1) is 0 Å². The molecule has 1 atom stereocenters. The molecule has 1 aliphatic heterocycles. The molecule has 0 radical (unpaired) electrons. The van der Waals surface area contributed by atoms with Crippen LogP contribution in [0.25, 0.3) is 0 Å². The van der Waals surface area contributed by atoms with E-state index in [9.17, 15) is 14.7 Å². The second kappa shape index (κ2) is 3.93. The van der Waals surface area contributed by atoms with Crippen molar-refractivity contribution in [1.29, 1.82) is 0 Å². The van der Waals surface area contributed by atoms with Crippen LogP contribution in [-0.2, 0) is 9.59 Å². The molecule has 1 saturated heterocycles. The van der Waals surface area contributed by atoms with E-state index in [2.05, 4.69) is 0 Å². The minimum Gasteiger partial charge on any atom is -0.391 e. The number of aliphatic hydroxyl groups is 1. The molecule has 4 nitrogen and oxygen atoms in total. The lowest BCUT2D eigenvalue weighted by Crippen LogP contribution is -2.40. The Balaban J connectivity index is 2.72. The van der Waals surface area contributed by atoms with Crippen LogP contribution in [0.3, 0.4) is 0 Å². The van der Waals surface area contributed by atoms with E-state index in [-0.39, 0.29) is 30.7 Å². The second-order valence-electron chi connectivity index (χ2n) is 5.18. The first-order valence-corrected chi connectivity index (χ1v) is 5.28. The molecule has 0 bridgehead atoms. The third kappa shape index (κ3) is 2.37. The third-order valence-electron chi connectivity index (χ3n) is 2.86. The summed E-state index contributed by atoms with van der Waals surface area (Å²) in [6.07, 6.45) is -0.386. The number of β-amino-alcohol motifs (C(OH)–C–C–N with tert-alkyl or cyclic N) is 1. The van der Waals surface area contributed by atoms with Gasteiger partial charge in [0.05, 0.1) is 18.1 Å². The monoisotopic (exact) mass is 213 g/mol. The maximum atomic E-state index is 11.8. The quantitative estimate of drug-likeness (QED) is 0.705. The maximum absolute atomic E-state index is 11.8. The number of nitrogens with zero attached hydrogens (tertiary/aromatic N) is 1. The molecule has 1 fully saturated rings. The smallest absolute Gasteiger partial charge is 0.235 e. The molecule has 0 aromatic rings. The topological polar surface area (TPSA) is 57.6 Å². The number of rotatable bonds is 3. The molecule has 0 spiro atoms. The predicted molar refractivity (Wildman–Crippen MR) is 56.0 cm³/mol. The minimum atomic E-state index is -0.633. The molecule has 1 unspecified atom stereocenters. The summed E-state index contributed by atoms with van der Waals surface area (Å²) >= 11 is 0. The highest BCUT2D eigenvalue weighted by Gasteiger charge is 2.45. The number of carbonyl (C=O) groups excluding carboxylic acids is 2. The molecule has 0 saturated carbocycles. The fourth-order valence-corrected chi connectivity index (χ4v) is 1.61. The first kappa shape index (κ1) is 12.2. The van der Waals surface area contributed by atoms with Crippen LogP contribution in [-0.4, -0.2) is 34.5 Å². The standard InChI is InChI=1S/C11H19NO3/c1-7(2)8(13)6-12-9(14)5-11(3,4)10(12)15/h7-8,13H,5-6H2,1-4H3. The van der Waals surface area contributed by atoms with Crippen molar-refractivity contribution in [2.45, 2.75) is 40.2 Å². The Morgan fingerprint density at radius 1 is 1.40 bits per heavy atom. The highest BCUT2D eigenvalue weighted by molar-refractivity contribution is 6.05. The Labute approximate surface area is 90.3 Å². The van der Waals surface area contributed by atoms with E-state index in [1.165, 1.54) is 4.90 Å². The number of hydrogen-bond donors (Lipinski definition) is 1. The fraction of sp³-hybridized carbons (Fsp3) is 0.818. The first-order chi connectivity index (χ1) is 6.75. The van der Waals surface area contributed by atoms with Gasteiger partial charge in [0, 0.05) is 6.42 Å². The lowest BCUT2D eigenvalue weighted by molar-refractivity contribution is -0.142. The van der Waals surface area contributed by atoms with Gasteiger partial charge in [-0.25, -0.2) is 0 Å². The lowest BCUT2D eigenvalue weighted by Gasteiger charge is -2.22. The third-order valence-corrected chi connectivity index (χ3v) is 2.86. The molecule has 0 aromatic heterocycles. The molecular formula is C11H19NO3. The zero-order valence-corrected chi connectivity index (χ0v) is 9.78. The molecule has 15 heavy (non-hydrogen) atoms. The fourth-order valence-electron chi connectivity index (χ4n) is 1.61. The first-order valence-electron chi connectivity index (χ1n) is 5.28. The van der Waals surface area contributed by atoms with Gasteiger partial charge in [0.1, 0.15) is 0 Å². The zero-order valence-electron chi connectivity index (χ0n) is 9.78. The summed E-state index contributed by atoms with van der Waals surface area (Å²) in [6, 6.07) is 0. The summed E-state index contributed by atoms with van der Waals surface area (Å²) in [6.45, 7) is 7.37. The summed E-state index contributed by atoms with van der Waals surface area (Å²) < 4.78 is 0. The van der Waals surface area contributed by atoms with E-state index in [0.717, 1.165) is 0 Å². The Morgan fingerprint density at radius 2 is 1.93 bits per heavy atom. The number of carbonyl (C=O) groups is 2. The molecule has 4 heteroatoms. The van der Waals surface area contributed by atoms with Crippen LogP contribution in [0, 0.1) is 11.3 Å². The van der Waals surface area contributed by atoms with Crippen molar-refractivity contribution in [3.8, 4) is 0 Å². The summed E-state index contributed by atoms with van der Waals surface area (Å²) in [5, 5.41) is 9.65. The van der Waals surface area contributed by atoms with E-state index in [4.69, 9.17) is 0 Å². The molecule has 1 heterocycles. The van der Waals surface area contributed by atoms with Crippen LogP contribution in [0.1, 0.15) is 34.1 Å². The molecule has 0 aliphatic carbocycles. The molecule has 1 aliphatic rings. The van der Waals surface area contributed by atoms with E-state index >= 15 is 0 Å². The van der Waals surface area contributed by atoms with Gasteiger partial charge in [-0.3, -0.25) is 14.5 Å². The van der Waals surface area contributed by atoms with Crippen LogP contribution in [0.5, 0.6) is 0 Å². The molecule has 86 valence electrons. The van der Waals surface area contributed by atoms with Crippen molar-refractivity contribution in [2.75, 3.05) is 6.54 Å². The van der Waals surface area contributed by atoms with Crippen LogP contribution < -0.4 is 0 Å². The summed E-state index contributed by atoms with van der Waals surface area (Å²) in [5.74, 6) is -0.300. The number of aliphatic hydroxyl groups excluding tert-OH is 1. The van der Waals surface area contributed by atoms with E-state index < -0.39 is 11.5 Å². The lowest BCUT2D eigenvalue weighted by atomic mass is 9.92. The highest BCUT2D eigenvalue weighted by atomic mass is 16.3. The molecular weight excluding hydrogens is 194 g/mol. The number of imide groups is 1. The largest absolute Gasteiger partial charge is 0.391 e. The van der Waals surface area contributed by atoms with Crippen LogP contribution in [0.4, 0.5) is 0 Å². The van der Waals surface area contributed by atoms with Crippen molar-refractivity contribution in [1.82, 2.24) is 4.90 Å². The SMILES string of the molecule is CC(C)C(O)CN1C(=O)CC(C)(C)C1=O. The van der Waals surface area contributed by atoms with Crippen LogP contribution in [0.2, 0.25) is 0 Å². The van der Waals surface area contributed by atoms with E-state index in [1.54, 1.807) is 13.8 Å². The highest BCUT2D eigenvalue weighted by Crippen LogP contribution is 2.31. The Hall–Kier alpha value is -0.900. The average Bonchev–Trinajstić information content (AvgIpc) is 2.27. The van der Waals surface area contributed by atoms with Crippen molar-refractivity contribution in [3.63, 3.8) is 0 Å². The van der Waals surface area contributed by atoms with Gasteiger partial charge in [0.15, 0.2) is 0 Å². The van der Waals surface area contributed by atoms with Gasteiger partial charge in [-0.05, 0) is 5.92 Å². The summed E-state index contributed by atoms with van der Waals surface area (Å²) in [7, 11) is 0. The summed E-state index contributed by atoms with van der Waals surface area (Å²) in [5.41, 5.74) is -0.603. The molecule has 2 amide bonds. The molecule has 1 rings (SSSR count). The predicted octanol–water partition coefficient (Wildman–Crippen LogP) is 0.788. The Morgan fingerprint density at radius 3 is 2.27 bits per heavy atom. The van der Waals surface area contributed by atoms with Crippen molar-refractivity contribution in [2.24, 2.45) is 11.3 Å². The average molecular weight is 213 g/mol. The number of likely N-dealkylation sites (tertiary alicyclic amines) is 1. The van der Waals surface area contributed by atoms with Gasteiger partial charge in [-0.2, -0.15) is 0 Å². The van der Waals surface area contributed by atoms with Gasteiger partial charge >= 0.3 is 0 Å². The van der Waals surface area contributed by atoms with Gasteiger partial charge in [-0.1, -0.05) is 27.7 Å². The summed E-state index contributed by atoms with van der Waals surface area (Å²) in [4.78, 5) is 24.5. The van der Waals surface area contributed by atoms with Crippen LogP contribution >= 0.6 is 0 Å². The van der Waals surface area contributed by atoms with Crippen molar-refractivity contribution in [3.05, 3.63) is 0 Å². The normalized spacial score (nSPS) is 22.7. The second-order valence-corrected chi connectivity index (χ2v) is 5.18. The van der Waals surface area contributed by atoms with E-state index in [0.29, 0.717) is 0 Å². The number of amides is 2. The molecule has 0 aromatic carbocycles. The Kier molecular flexibility index (Phi) is 3.19. The van der Waals surface area contributed by atoms with E-state index in [1.807, 2.05) is 13.8 Å². The van der Waals surface area contributed by atoms with Crippen molar-refractivity contribution < 1.29 is 14.7 Å². The molecule has 1 N–H and O–H groups in total. The maximum Gasteiger partial charge on any atom is 0.235 e.